The molecule has 4 rings (SSSR count). The maximum atomic E-state index is 13.0. The second kappa shape index (κ2) is 9.84. The predicted octanol–water partition coefficient (Wildman–Crippen LogP) is 5.96. The van der Waals surface area contributed by atoms with Crippen LogP contribution in [0.2, 0.25) is 0 Å². The molecule has 0 atom stereocenters. The van der Waals surface area contributed by atoms with Gasteiger partial charge in [0.1, 0.15) is 18.0 Å². The largest absolute Gasteiger partial charge is 0.487 e. The molecule has 0 fully saturated rings. The van der Waals surface area contributed by atoms with Gasteiger partial charge >= 0.3 is 18.4 Å². The summed E-state index contributed by atoms with van der Waals surface area (Å²) in [5.41, 5.74) is -3.05. The lowest BCUT2D eigenvalue weighted by atomic mass is 10.1. The molecule has 0 saturated heterocycles. The minimum Gasteiger partial charge on any atom is -0.487 e. The Hall–Kier alpha value is -4.55. The Morgan fingerprint density at radius 1 is 0.838 bits per heavy atom. The molecule has 0 unspecified atom stereocenters. The van der Waals surface area contributed by atoms with Crippen LogP contribution < -0.4 is 20.9 Å². The van der Waals surface area contributed by atoms with E-state index in [0.717, 1.165) is 0 Å². The summed E-state index contributed by atoms with van der Waals surface area (Å²) < 4.78 is 84.9. The van der Waals surface area contributed by atoms with Gasteiger partial charge in [-0.3, -0.25) is 9.20 Å². The fraction of sp³-hybridized carbons (Fsp3) is 0.125. The zero-order valence-corrected chi connectivity index (χ0v) is 18.5. The van der Waals surface area contributed by atoms with Gasteiger partial charge in [0.25, 0.3) is 5.56 Å². The van der Waals surface area contributed by atoms with Crippen molar-refractivity contribution in [3.8, 4) is 5.75 Å². The quantitative estimate of drug-likeness (QED) is 0.317. The van der Waals surface area contributed by atoms with Gasteiger partial charge in [-0.1, -0.05) is 6.07 Å². The topological polar surface area (TPSA) is 84.7 Å². The number of fused-ring (bicyclic) bond motifs is 1. The number of hydrogen-bond donors (Lipinski definition) is 2. The van der Waals surface area contributed by atoms with Gasteiger partial charge in [-0.15, -0.1) is 0 Å². The van der Waals surface area contributed by atoms with Gasteiger partial charge in [-0.25, -0.2) is 9.78 Å². The summed E-state index contributed by atoms with van der Waals surface area (Å²) in [5, 5.41) is 4.29. The molecule has 0 saturated carbocycles. The lowest BCUT2D eigenvalue weighted by Gasteiger charge is -2.15. The molecule has 37 heavy (non-hydrogen) atoms. The number of benzene rings is 2. The average Bonchev–Trinajstić information content (AvgIpc) is 2.82. The molecule has 192 valence electrons. The van der Waals surface area contributed by atoms with Crippen molar-refractivity contribution in [2.75, 3.05) is 10.6 Å². The van der Waals surface area contributed by atoms with Crippen LogP contribution in [0.3, 0.4) is 0 Å². The molecular weight excluding hydrogens is 506 g/mol. The lowest BCUT2D eigenvalue weighted by Crippen LogP contribution is -2.20. The summed E-state index contributed by atoms with van der Waals surface area (Å²) in [4.78, 5) is 28.6. The number of carbonyl (C=O) groups is 1. The summed E-state index contributed by atoms with van der Waals surface area (Å²) in [7, 11) is 0. The number of carbonyl (C=O) groups excluding carboxylic acids is 1. The molecule has 2 heterocycles. The van der Waals surface area contributed by atoms with Crippen LogP contribution in [0.15, 0.2) is 77.7 Å². The lowest BCUT2D eigenvalue weighted by molar-refractivity contribution is -0.143. The number of halogens is 6. The van der Waals surface area contributed by atoms with Crippen molar-refractivity contribution in [3.05, 3.63) is 100 Å². The first-order valence-corrected chi connectivity index (χ1v) is 10.5. The van der Waals surface area contributed by atoms with Gasteiger partial charge in [0.05, 0.1) is 16.8 Å². The highest BCUT2D eigenvalue weighted by Crippen LogP contribution is 2.37. The van der Waals surface area contributed by atoms with Gasteiger partial charge in [0, 0.05) is 23.6 Å². The summed E-state index contributed by atoms with van der Waals surface area (Å²) in [6.07, 6.45) is -8.50. The van der Waals surface area contributed by atoms with Gasteiger partial charge in [0.15, 0.2) is 0 Å². The van der Waals surface area contributed by atoms with Crippen LogP contribution in [0.25, 0.3) is 5.65 Å². The zero-order chi connectivity index (χ0) is 26.8. The number of urea groups is 1. The van der Waals surface area contributed by atoms with Crippen molar-refractivity contribution >= 4 is 23.1 Å². The van der Waals surface area contributed by atoms with Crippen molar-refractivity contribution in [1.29, 1.82) is 0 Å². The Morgan fingerprint density at radius 3 is 2.08 bits per heavy atom. The zero-order valence-electron chi connectivity index (χ0n) is 18.5. The molecule has 0 spiro atoms. The van der Waals surface area contributed by atoms with Crippen LogP contribution in [-0.2, 0) is 19.0 Å². The Kier molecular flexibility index (Phi) is 6.79. The molecule has 2 N–H and O–H groups in total. The van der Waals surface area contributed by atoms with E-state index in [0.29, 0.717) is 29.2 Å². The number of alkyl halides is 6. The van der Waals surface area contributed by atoms with Crippen LogP contribution >= 0.6 is 0 Å². The SMILES string of the molecule is O=C(Nc1ccc(OCc2cc(=O)n3ccccc3n2)cc1)Nc1cc(C(F)(F)F)cc(C(F)(F)F)c1. The standard InChI is InChI=1S/C24H16F6N4O3/c25-23(26,27)14-9-15(24(28,29)30)11-17(10-14)33-22(36)32-16-4-6-19(7-5-16)37-13-18-12-21(35)34-8-2-1-3-20(34)31-18/h1-12H,13H2,(H2,32,33,36). The number of ether oxygens (including phenoxy) is 1. The van der Waals surface area contributed by atoms with E-state index in [4.69, 9.17) is 4.74 Å². The number of amides is 2. The molecule has 2 amide bonds. The Morgan fingerprint density at radius 2 is 1.46 bits per heavy atom. The second-order valence-electron chi connectivity index (χ2n) is 7.70. The first-order valence-electron chi connectivity index (χ1n) is 10.5. The molecule has 4 aromatic rings. The average molecular weight is 522 g/mol. The van der Waals surface area contributed by atoms with E-state index >= 15 is 0 Å². The predicted molar refractivity (Wildman–Crippen MR) is 121 cm³/mol. The van der Waals surface area contributed by atoms with Crippen LogP contribution in [0.1, 0.15) is 16.8 Å². The minimum atomic E-state index is -5.04. The number of nitrogens with one attached hydrogen (secondary N) is 2. The Bertz CT molecular complexity index is 1470. The van der Waals surface area contributed by atoms with Crippen molar-refractivity contribution in [3.63, 3.8) is 0 Å². The third-order valence-electron chi connectivity index (χ3n) is 4.97. The Balaban J connectivity index is 1.40. The molecular formula is C24H16F6N4O3. The molecule has 13 heteroatoms. The molecule has 7 nitrogen and oxygen atoms in total. The van der Waals surface area contributed by atoms with Gasteiger partial charge < -0.3 is 15.4 Å². The minimum absolute atomic E-state index is 0.0228. The maximum absolute atomic E-state index is 13.0. The van der Waals surface area contributed by atoms with Crippen molar-refractivity contribution < 1.29 is 35.9 Å². The fourth-order valence-corrected chi connectivity index (χ4v) is 3.29. The van der Waals surface area contributed by atoms with E-state index < -0.39 is 35.2 Å². The van der Waals surface area contributed by atoms with Gasteiger partial charge in [0.2, 0.25) is 0 Å². The van der Waals surface area contributed by atoms with Crippen LogP contribution in [0.4, 0.5) is 42.5 Å². The summed E-state index contributed by atoms with van der Waals surface area (Å²) in [6.45, 7) is -0.0228. The monoisotopic (exact) mass is 522 g/mol. The number of pyridine rings is 1. The number of nitrogens with zero attached hydrogens (tertiary/aromatic N) is 2. The molecule has 0 aliphatic rings. The van der Waals surface area contributed by atoms with E-state index in [1.807, 2.05) is 5.32 Å². The molecule has 2 aromatic carbocycles. The van der Waals surface area contributed by atoms with E-state index in [9.17, 15) is 35.9 Å². The van der Waals surface area contributed by atoms with E-state index in [1.165, 1.54) is 34.7 Å². The number of aromatic nitrogens is 2. The third kappa shape index (κ3) is 6.37. The van der Waals surface area contributed by atoms with Crippen LogP contribution in [-0.4, -0.2) is 15.4 Å². The fourth-order valence-electron chi connectivity index (χ4n) is 3.29. The van der Waals surface area contributed by atoms with E-state index in [1.54, 1.807) is 24.4 Å². The second-order valence-corrected chi connectivity index (χ2v) is 7.70. The maximum Gasteiger partial charge on any atom is 0.416 e. The van der Waals surface area contributed by atoms with E-state index in [-0.39, 0.29) is 23.9 Å². The van der Waals surface area contributed by atoms with E-state index in [2.05, 4.69) is 10.3 Å². The highest BCUT2D eigenvalue weighted by atomic mass is 19.4. The first kappa shape index (κ1) is 25.5. The summed E-state index contributed by atoms with van der Waals surface area (Å²) in [6, 6.07) is 11.9. The number of anilines is 2. The number of rotatable bonds is 5. The van der Waals surface area contributed by atoms with Crippen molar-refractivity contribution in [1.82, 2.24) is 9.38 Å². The van der Waals surface area contributed by atoms with Crippen LogP contribution in [0, 0.1) is 0 Å². The highest BCUT2D eigenvalue weighted by Gasteiger charge is 2.37. The van der Waals surface area contributed by atoms with Gasteiger partial charge in [-0.2, -0.15) is 26.3 Å². The van der Waals surface area contributed by atoms with Gasteiger partial charge in [-0.05, 0) is 54.6 Å². The van der Waals surface area contributed by atoms with Crippen LogP contribution in [0.5, 0.6) is 5.75 Å². The van der Waals surface area contributed by atoms with Crippen molar-refractivity contribution in [2.45, 2.75) is 19.0 Å². The molecule has 0 aliphatic carbocycles. The normalized spacial score (nSPS) is 11.8. The summed E-state index contributed by atoms with van der Waals surface area (Å²) >= 11 is 0. The summed E-state index contributed by atoms with van der Waals surface area (Å²) in [5.74, 6) is 0.355. The first-order chi connectivity index (χ1) is 17.4. The molecule has 2 aromatic heterocycles. The molecule has 0 bridgehead atoms. The third-order valence-corrected chi connectivity index (χ3v) is 4.97. The molecule has 0 aliphatic heterocycles. The molecule has 0 radical (unpaired) electrons. The van der Waals surface area contributed by atoms with Crippen molar-refractivity contribution in [2.24, 2.45) is 0 Å². The number of hydrogen-bond acceptors (Lipinski definition) is 4. The smallest absolute Gasteiger partial charge is 0.416 e. The highest BCUT2D eigenvalue weighted by molar-refractivity contribution is 5.99. The Labute approximate surface area is 204 Å².